The Balaban J connectivity index is 1.42. The van der Waals surface area contributed by atoms with E-state index in [0.29, 0.717) is 22.0 Å². The third-order valence-corrected chi connectivity index (χ3v) is 6.50. The van der Waals surface area contributed by atoms with E-state index in [9.17, 15) is 14.4 Å². The van der Waals surface area contributed by atoms with Crippen molar-refractivity contribution < 1.29 is 23.9 Å². The van der Waals surface area contributed by atoms with Crippen LogP contribution in [0, 0.1) is 0 Å². The third kappa shape index (κ3) is 9.03. The Morgan fingerprint density at radius 3 is 2.25 bits per heavy atom. The minimum atomic E-state index is -0.585. The molecule has 0 aliphatic heterocycles. The average molecular weight is 640 g/mol. The van der Waals surface area contributed by atoms with Crippen LogP contribution >= 0.6 is 23.2 Å². The lowest BCUT2D eigenvalue weighted by Crippen LogP contribution is -2.34. The number of anilines is 1. The summed E-state index contributed by atoms with van der Waals surface area (Å²) in [7, 11) is 0. The van der Waals surface area contributed by atoms with Crippen molar-refractivity contribution >= 4 is 46.9 Å². The fourth-order valence-corrected chi connectivity index (χ4v) is 4.51. The van der Waals surface area contributed by atoms with Crippen LogP contribution in [0.3, 0.4) is 0 Å². The second-order valence-corrected chi connectivity index (χ2v) is 11.3. The zero-order valence-electron chi connectivity index (χ0n) is 24.4. The fraction of sp³-hybridized carbons (Fsp3) is 0.258. The predicted octanol–water partition coefficient (Wildman–Crippen LogP) is 5.76. The summed E-state index contributed by atoms with van der Waals surface area (Å²) in [5, 5.41) is 13.1. The van der Waals surface area contributed by atoms with Crippen LogP contribution in [0.25, 0.3) is 16.9 Å². The molecule has 4 aromatic rings. The number of nitrogens with one attached hydrogen (secondary N) is 3. The summed E-state index contributed by atoms with van der Waals surface area (Å²) >= 11 is 12.8. The lowest BCUT2D eigenvalue weighted by Gasteiger charge is -2.19. The van der Waals surface area contributed by atoms with Crippen molar-refractivity contribution in [3.05, 3.63) is 94.2 Å². The van der Waals surface area contributed by atoms with Gasteiger partial charge in [-0.2, -0.15) is 5.10 Å². The number of aromatic nitrogens is 3. The van der Waals surface area contributed by atoms with Crippen LogP contribution < -0.4 is 16.0 Å². The number of hydrogen-bond acceptors (Lipinski definition) is 7. The normalized spacial score (nSPS) is 11.1. The van der Waals surface area contributed by atoms with Crippen molar-refractivity contribution in [3.8, 4) is 16.9 Å². The van der Waals surface area contributed by atoms with E-state index >= 15 is 0 Å². The van der Waals surface area contributed by atoms with Gasteiger partial charge >= 0.3 is 6.09 Å². The Morgan fingerprint density at radius 1 is 0.864 bits per heavy atom. The molecule has 0 bridgehead atoms. The van der Waals surface area contributed by atoms with E-state index in [-0.39, 0.29) is 48.4 Å². The van der Waals surface area contributed by atoms with Crippen molar-refractivity contribution in [3.63, 3.8) is 0 Å². The van der Waals surface area contributed by atoms with Crippen LogP contribution in [0.4, 0.5) is 10.6 Å². The molecule has 2 aromatic carbocycles. The van der Waals surface area contributed by atoms with Gasteiger partial charge in [-0.05, 0) is 57.2 Å². The Labute approximate surface area is 264 Å². The fourth-order valence-electron chi connectivity index (χ4n) is 3.94. The molecule has 44 heavy (non-hydrogen) atoms. The summed E-state index contributed by atoms with van der Waals surface area (Å²) in [6.45, 7) is 6.23. The Hall–Kier alpha value is -4.45. The quantitative estimate of drug-likeness (QED) is 0.178. The molecule has 230 valence electrons. The van der Waals surface area contributed by atoms with E-state index < -0.39 is 23.5 Å². The first-order valence-corrected chi connectivity index (χ1v) is 14.5. The van der Waals surface area contributed by atoms with Crippen LogP contribution in [0.1, 0.15) is 41.6 Å². The summed E-state index contributed by atoms with van der Waals surface area (Å²) in [6, 6.07) is 18.9. The van der Waals surface area contributed by atoms with Crippen molar-refractivity contribution in [1.29, 1.82) is 0 Å². The van der Waals surface area contributed by atoms with Gasteiger partial charge in [-0.25, -0.2) is 9.48 Å². The number of pyridine rings is 1. The van der Waals surface area contributed by atoms with Gasteiger partial charge in [0.05, 0.1) is 40.2 Å². The second-order valence-electron chi connectivity index (χ2n) is 10.4. The number of amides is 3. The molecule has 4 rings (SSSR count). The Kier molecular flexibility index (Phi) is 10.9. The van der Waals surface area contributed by atoms with Gasteiger partial charge in [-0.3, -0.25) is 14.6 Å². The SMILES string of the molecule is CC(C)(C)OC(=O)NCCOCCNC(=O)c1cc(NC(=O)c2cc(-c3ccccn3)c(Cl)cc2Cl)n(-c2ccccc2)n1. The number of rotatable bonds is 11. The van der Waals surface area contributed by atoms with Crippen molar-refractivity contribution in [2.45, 2.75) is 26.4 Å². The van der Waals surface area contributed by atoms with Crippen molar-refractivity contribution in [1.82, 2.24) is 25.4 Å². The number of nitrogens with zero attached hydrogens (tertiary/aromatic N) is 3. The highest BCUT2D eigenvalue weighted by atomic mass is 35.5. The van der Waals surface area contributed by atoms with E-state index in [1.807, 2.05) is 24.3 Å². The molecule has 0 aliphatic carbocycles. The molecule has 2 heterocycles. The maximum absolute atomic E-state index is 13.4. The van der Waals surface area contributed by atoms with Crippen LogP contribution in [0.2, 0.25) is 10.0 Å². The van der Waals surface area contributed by atoms with Gasteiger partial charge < -0.3 is 25.4 Å². The van der Waals surface area contributed by atoms with Gasteiger partial charge in [0.1, 0.15) is 11.4 Å². The highest BCUT2D eigenvalue weighted by Crippen LogP contribution is 2.32. The second kappa shape index (κ2) is 14.8. The van der Waals surface area contributed by atoms with E-state index in [4.69, 9.17) is 32.7 Å². The zero-order valence-corrected chi connectivity index (χ0v) is 25.9. The number of hydrogen-bond donors (Lipinski definition) is 3. The first kappa shape index (κ1) is 32.5. The van der Waals surface area contributed by atoms with Crippen LogP contribution in [0.15, 0.2) is 72.9 Å². The molecule has 0 aliphatic rings. The van der Waals surface area contributed by atoms with Crippen LogP contribution in [-0.2, 0) is 9.47 Å². The van der Waals surface area contributed by atoms with E-state index in [1.54, 1.807) is 57.3 Å². The maximum Gasteiger partial charge on any atom is 0.407 e. The number of benzene rings is 2. The van der Waals surface area contributed by atoms with Gasteiger partial charge in [0.2, 0.25) is 0 Å². The minimum absolute atomic E-state index is 0.0760. The van der Waals surface area contributed by atoms with E-state index in [1.165, 1.54) is 16.8 Å². The first-order valence-electron chi connectivity index (χ1n) is 13.7. The highest BCUT2D eigenvalue weighted by Gasteiger charge is 2.21. The number of halogens is 2. The van der Waals surface area contributed by atoms with Crippen LogP contribution in [-0.4, -0.2) is 64.6 Å². The Morgan fingerprint density at radius 2 is 1.57 bits per heavy atom. The monoisotopic (exact) mass is 638 g/mol. The summed E-state index contributed by atoms with van der Waals surface area (Å²) in [5.74, 6) is -0.741. The lowest BCUT2D eigenvalue weighted by atomic mass is 10.1. The van der Waals surface area contributed by atoms with Crippen molar-refractivity contribution in [2.24, 2.45) is 0 Å². The summed E-state index contributed by atoms with van der Waals surface area (Å²) in [5.41, 5.74) is 1.41. The summed E-state index contributed by atoms with van der Waals surface area (Å²) in [6.07, 6.45) is 1.10. The highest BCUT2D eigenvalue weighted by molar-refractivity contribution is 6.38. The summed E-state index contributed by atoms with van der Waals surface area (Å²) in [4.78, 5) is 42.4. The molecule has 11 nitrogen and oxygen atoms in total. The zero-order chi connectivity index (χ0) is 31.7. The minimum Gasteiger partial charge on any atom is -0.444 e. The van der Waals surface area contributed by atoms with Gasteiger partial charge in [0.25, 0.3) is 11.8 Å². The number of alkyl carbamates (subject to hydrolysis) is 1. The first-order chi connectivity index (χ1) is 21.0. The maximum atomic E-state index is 13.4. The number of para-hydroxylation sites is 1. The molecule has 2 aromatic heterocycles. The molecule has 0 atom stereocenters. The summed E-state index contributed by atoms with van der Waals surface area (Å²) < 4.78 is 12.1. The third-order valence-electron chi connectivity index (χ3n) is 5.87. The van der Waals surface area contributed by atoms with Crippen LogP contribution in [0.5, 0.6) is 0 Å². The molecule has 13 heteroatoms. The molecular formula is C31H32Cl2N6O5. The number of carbonyl (C=O) groups excluding carboxylic acids is 3. The van der Waals surface area contributed by atoms with Gasteiger partial charge in [0, 0.05) is 30.9 Å². The van der Waals surface area contributed by atoms with E-state index in [0.717, 1.165) is 0 Å². The molecule has 3 N–H and O–H groups in total. The molecule has 0 spiro atoms. The largest absolute Gasteiger partial charge is 0.444 e. The molecule has 0 fully saturated rings. The van der Waals surface area contributed by atoms with E-state index in [2.05, 4.69) is 26.0 Å². The topological polar surface area (TPSA) is 136 Å². The standard InChI is InChI=1S/C31H32Cl2N6O5/c1-31(2,3)44-30(42)36-14-16-43-15-13-35-29(41)26-19-27(39(38-26)20-9-5-4-6-10-20)37-28(40)22-17-21(23(32)18-24(22)33)25-11-7-8-12-34-25/h4-12,17-19H,13-16H2,1-3H3,(H,35,41)(H,36,42)(H,37,40). The molecule has 0 unspecified atom stereocenters. The molecular weight excluding hydrogens is 607 g/mol. The molecule has 3 amide bonds. The van der Waals surface area contributed by atoms with Crippen molar-refractivity contribution in [2.75, 3.05) is 31.6 Å². The van der Waals surface area contributed by atoms with Gasteiger partial charge in [-0.15, -0.1) is 0 Å². The Bertz CT molecular complexity index is 1610. The smallest absolute Gasteiger partial charge is 0.407 e. The lowest BCUT2D eigenvalue weighted by molar-refractivity contribution is 0.0500. The molecule has 0 saturated heterocycles. The molecule has 0 radical (unpaired) electrons. The van der Waals surface area contributed by atoms with Gasteiger partial charge in [0.15, 0.2) is 5.69 Å². The number of carbonyl (C=O) groups is 3. The van der Waals surface area contributed by atoms with Gasteiger partial charge in [-0.1, -0.05) is 47.5 Å². The number of ether oxygens (including phenoxy) is 2. The average Bonchev–Trinajstić information content (AvgIpc) is 3.40. The predicted molar refractivity (Wildman–Crippen MR) is 169 cm³/mol. The molecule has 0 saturated carbocycles.